The molecule has 25 heavy (non-hydrogen) atoms. The van der Waals surface area contributed by atoms with Gasteiger partial charge in [0.1, 0.15) is 11.6 Å². The van der Waals surface area contributed by atoms with Crippen LogP contribution in [0.25, 0.3) is 21.9 Å². The number of aromatic nitrogens is 3. The van der Waals surface area contributed by atoms with Gasteiger partial charge in [-0.05, 0) is 35.9 Å². The summed E-state index contributed by atoms with van der Waals surface area (Å²) < 4.78 is 13.5. The number of nitrogens with zero attached hydrogens (tertiary/aromatic N) is 2. The van der Waals surface area contributed by atoms with Crippen molar-refractivity contribution in [2.45, 2.75) is 13.0 Å². The summed E-state index contributed by atoms with van der Waals surface area (Å²) in [5, 5.41) is 0.741. The van der Waals surface area contributed by atoms with Gasteiger partial charge in [0.25, 0.3) is 0 Å². The largest absolute Gasteiger partial charge is 0.361 e. The minimum absolute atomic E-state index is 0.0504. The van der Waals surface area contributed by atoms with Gasteiger partial charge in [0, 0.05) is 24.1 Å². The van der Waals surface area contributed by atoms with E-state index in [1.54, 1.807) is 24.2 Å². The Morgan fingerprint density at radius 1 is 1.20 bits per heavy atom. The highest BCUT2D eigenvalue weighted by Crippen LogP contribution is 2.20. The Labute approximate surface area is 143 Å². The van der Waals surface area contributed by atoms with Gasteiger partial charge in [-0.15, -0.1) is 0 Å². The Morgan fingerprint density at radius 3 is 2.88 bits per heavy atom. The van der Waals surface area contributed by atoms with Gasteiger partial charge in [0.2, 0.25) is 5.91 Å². The number of likely N-dealkylation sites (N-methyl/N-ethyl adjacent to an activating group) is 1. The summed E-state index contributed by atoms with van der Waals surface area (Å²) in [6.07, 6.45) is 1.97. The second-order valence-electron chi connectivity index (χ2n) is 6.13. The molecule has 0 bridgehead atoms. The van der Waals surface area contributed by atoms with E-state index in [4.69, 9.17) is 0 Å². The van der Waals surface area contributed by atoms with Crippen molar-refractivity contribution in [2.75, 3.05) is 7.05 Å². The molecule has 2 N–H and O–H groups in total. The number of para-hydroxylation sites is 2. The van der Waals surface area contributed by atoms with Crippen molar-refractivity contribution in [1.82, 2.24) is 19.9 Å². The summed E-state index contributed by atoms with van der Waals surface area (Å²) in [7, 11) is 1.74. The normalized spacial score (nSPS) is 11.3. The molecule has 0 aliphatic rings. The van der Waals surface area contributed by atoms with E-state index in [1.807, 2.05) is 24.3 Å². The number of nitrogens with one attached hydrogen (secondary N) is 2. The maximum atomic E-state index is 13.5. The van der Waals surface area contributed by atoms with E-state index < -0.39 is 0 Å². The van der Waals surface area contributed by atoms with Crippen LogP contribution in [0.1, 0.15) is 11.4 Å². The number of aromatic amines is 2. The smallest absolute Gasteiger partial charge is 0.227 e. The Morgan fingerprint density at radius 2 is 2.04 bits per heavy atom. The van der Waals surface area contributed by atoms with Gasteiger partial charge in [0.15, 0.2) is 0 Å². The lowest BCUT2D eigenvalue weighted by molar-refractivity contribution is -0.129. The maximum Gasteiger partial charge on any atom is 0.227 e. The van der Waals surface area contributed by atoms with Gasteiger partial charge < -0.3 is 14.9 Å². The number of carbonyl (C=O) groups is 1. The third kappa shape index (κ3) is 2.98. The highest BCUT2D eigenvalue weighted by molar-refractivity contribution is 5.89. The van der Waals surface area contributed by atoms with Crippen molar-refractivity contribution in [3.63, 3.8) is 0 Å². The predicted molar refractivity (Wildman–Crippen MR) is 94.5 cm³/mol. The molecule has 6 heteroatoms. The first-order valence-corrected chi connectivity index (χ1v) is 8.03. The average Bonchev–Trinajstić information content (AvgIpc) is 3.18. The molecular formula is C19H17FN4O. The molecule has 2 aromatic heterocycles. The molecular weight excluding hydrogens is 319 g/mol. The lowest BCUT2D eigenvalue weighted by Gasteiger charge is -2.15. The second-order valence-corrected chi connectivity index (χ2v) is 6.13. The van der Waals surface area contributed by atoms with Crippen LogP contribution in [-0.2, 0) is 17.8 Å². The summed E-state index contributed by atoms with van der Waals surface area (Å²) in [5.41, 5.74) is 3.44. The highest BCUT2D eigenvalue weighted by Gasteiger charge is 2.15. The molecule has 1 amide bonds. The van der Waals surface area contributed by atoms with Gasteiger partial charge in [-0.1, -0.05) is 12.1 Å². The molecule has 0 atom stereocenters. The molecule has 2 aromatic carbocycles. The molecule has 0 saturated carbocycles. The number of carbonyl (C=O) groups excluding carboxylic acids is 1. The fourth-order valence-corrected chi connectivity index (χ4v) is 2.99. The number of amides is 1. The first-order chi connectivity index (χ1) is 12.1. The molecule has 5 nitrogen and oxygen atoms in total. The maximum absolute atomic E-state index is 13.5. The minimum Gasteiger partial charge on any atom is -0.361 e. The minimum atomic E-state index is -0.309. The van der Waals surface area contributed by atoms with E-state index >= 15 is 0 Å². The molecule has 0 aliphatic heterocycles. The summed E-state index contributed by atoms with van der Waals surface area (Å²) in [4.78, 5) is 24.9. The van der Waals surface area contributed by atoms with Crippen LogP contribution in [0.15, 0.2) is 48.7 Å². The van der Waals surface area contributed by atoms with Crippen molar-refractivity contribution in [2.24, 2.45) is 0 Å². The molecule has 4 aromatic rings. The number of H-pyrrole nitrogens is 2. The molecule has 0 radical (unpaired) electrons. The van der Waals surface area contributed by atoms with E-state index in [1.165, 1.54) is 12.1 Å². The number of imidazole rings is 1. The topological polar surface area (TPSA) is 64.8 Å². The monoisotopic (exact) mass is 336 g/mol. The van der Waals surface area contributed by atoms with Crippen LogP contribution < -0.4 is 0 Å². The van der Waals surface area contributed by atoms with Crippen molar-refractivity contribution >= 4 is 27.8 Å². The number of hydrogen-bond acceptors (Lipinski definition) is 2. The fraction of sp³-hybridized carbons (Fsp3) is 0.158. The van der Waals surface area contributed by atoms with Crippen LogP contribution in [0.2, 0.25) is 0 Å². The summed E-state index contributed by atoms with van der Waals surface area (Å²) in [5.74, 6) is 0.379. The van der Waals surface area contributed by atoms with Crippen molar-refractivity contribution in [1.29, 1.82) is 0 Å². The molecule has 0 spiro atoms. The van der Waals surface area contributed by atoms with Crippen LogP contribution in [0.3, 0.4) is 0 Å². The number of benzene rings is 2. The summed E-state index contributed by atoms with van der Waals surface area (Å²) in [6, 6.07) is 12.3. The summed E-state index contributed by atoms with van der Waals surface area (Å²) >= 11 is 0. The lowest BCUT2D eigenvalue weighted by Crippen LogP contribution is -2.28. The van der Waals surface area contributed by atoms with Crippen molar-refractivity contribution < 1.29 is 9.18 Å². The van der Waals surface area contributed by atoms with E-state index in [-0.39, 0.29) is 18.1 Å². The zero-order valence-corrected chi connectivity index (χ0v) is 13.7. The van der Waals surface area contributed by atoms with Gasteiger partial charge in [0.05, 0.1) is 24.0 Å². The SMILES string of the molecule is CN(Cc1nc2ccccc2[nH]1)C(=O)Cc1c[nH]c2ccc(F)cc12. The standard InChI is InChI=1S/C19H17FN4O/c1-24(11-18-22-16-4-2-3-5-17(16)23-18)19(25)8-12-10-21-15-7-6-13(20)9-14(12)15/h2-7,9-10,21H,8,11H2,1H3,(H,22,23). The van der Waals surface area contributed by atoms with Gasteiger partial charge in [-0.2, -0.15) is 0 Å². The van der Waals surface area contributed by atoms with Gasteiger partial charge in [-0.3, -0.25) is 4.79 Å². The Kier molecular flexibility index (Phi) is 3.72. The third-order valence-electron chi connectivity index (χ3n) is 4.32. The molecule has 126 valence electrons. The first-order valence-electron chi connectivity index (χ1n) is 8.03. The van der Waals surface area contributed by atoms with Crippen LogP contribution in [0, 0.1) is 5.82 Å². The molecule has 2 heterocycles. The fourth-order valence-electron chi connectivity index (χ4n) is 2.99. The van der Waals surface area contributed by atoms with Crippen molar-refractivity contribution in [3.8, 4) is 0 Å². The van der Waals surface area contributed by atoms with Crippen LogP contribution in [0.4, 0.5) is 4.39 Å². The summed E-state index contributed by atoms with van der Waals surface area (Å²) in [6.45, 7) is 0.393. The zero-order valence-electron chi connectivity index (χ0n) is 13.7. The molecule has 0 unspecified atom stereocenters. The van der Waals surface area contributed by atoms with Crippen LogP contribution >= 0.6 is 0 Å². The van der Waals surface area contributed by atoms with E-state index in [9.17, 15) is 9.18 Å². The van der Waals surface area contributed by atoms with Crippen molar-refractivity contribution in [3.05, 3.63) is 65.9 Å². The van der Waals surface area contributed by atoms with Gasteiger partial charge in [-0.25, -0.2) is 9.37 Å². The number of fused-ring (bicyclic) bond motifs is 2. The second kappa shape index (κ2) is 6.05. The highest BCUT2D eigenvalue weighted by atomic mass is 19.1. The van der Waals surface area contributed by atoms with Crippen LogP contribution in [-0.4, -0.2) is 32.8 Å². The molecule has 0 fully saturated rings. The Balaban J connectivity index is 1.50. The molecule has 0 aliphatic carbocycles. The Bertz CT molecular complexity index is 1030. The zero-order chi connectivity index (χ0) is 17.4. The van der Waals surface area contributed by atoms with Gasteiger partial charge >= 0.3 is 0 Å². The predicted octanol–water partition coefficient (Wildman–Crippen LogP) is 3.38. The third-order valence-corrected chi connectivity index (χ3v) is 4.32. The average molecular weight is 336 g/mol. The number of hydrogen-bond donors (Lipinski definition) is 2. The number of halogens is 1. The van der Waals surface area contributed by atoms with Crippen LogP contribution in [0.5, 0.6) is 0 Å². The van der Waals surface area contributed by atoms with E-state index in [0.717, 1.165) is 33.3 Å². The lowest BCUT2D eigenvalue weighted by atomic mass is 10.1. The quantitative estimate of drug-likeness (QED) is 0.600. The number of rotatable bonds is 4. The first kappa shape index (κ1) is 15.4. The molecule has 0 saturated heterocycles. The Hall–Kier alpha value is -3.15. The van der Waals surface area contributed by atoms with E-state index in [2.05, 4.69) is 15.0 Å². The molecule has 4 rings (SSSR count). The van der Waals surface area contributed by atoms with E-state index in [0.29, 0.717) is 6.54 Å².